The maximum Gasteiger partial charge on any atom is 0.306 e. The summed E-state index contributed by atoms with van der Waals surface area (Å²) >= 11 is 0. The Hall–Kier alpha value is -3.67. The third-order valence-electron chi connectivity index (χ3n) is 8.90. The summed E-state index contributed by atoms with van der Waals surface area (Å²) < 4.78 is 16.6. The standard InChI is InChI=1S/C50H80O6/c1-4-7-10-13-16-19-22-24-25-26-29-31-34-37-40-43-49(52)55-46-47(45-54-48(51)42-39-36-33-30-27-21-18-15-12-9-6-3)56-50(53)44-41-38-35-32-28-23-20-17-14-11-8-5-2/h7-8,10-11,13,15-20,22,24-25,28,32,47H,4-6,9,12,14,21,23,26-27,29-31,33-46H2,1-3H3/b10-7-,11-8-,16-13-,18-15-,20-17-,22-19-,25-24-,32-28-. The van der Waals surface area contributed by atoms with Crippen molar-refractivity contribution in [1.82, 2.24) is 0 Å². The van der Waals surface area contributed by atoms with Crippen LogP contribution in [0.15, 0.2) is 97.2 Å². The summed E-state index contributed by atoms with van der Waals surface area (Å²) in [5, 5.41) is 0. The first kappa shape index (κ1) is 52.3. The normalized spacial score (nSPS) is 13.0. The molecule has 0 rings (SSSR count). The molecule has 1 atom stereocenters. The van der Waals surface area contributed by atoms with E-state index in [1.54, 1.807) is 0 Å². The number of hydrogen-bond donors (Lipinski definition) is 0. The Morgan fingerprint density at radius 2 is 0.786 bits per heavy atom. The molecule has 0 bridgehead atoms. The lowest BCUT2D eigenvalue weighted by Gasteiger charge is -2.18. The minimum Gasteiger partial charge on any atom is -0.462 e. The Kier molecular flexibility index (Phi) is 41.2. The monoisotopic (exact) mass is 777 g/mol. The van der Waals surface area contributed by atoms with Crippen molar-refractivity contribution in [3.63, 3.8) is 0 Å². The number of carbonyl (C=O) groups is 3. The molecule has 0 N–H and O–H groups in total. The van der Waals surface area contributed by atoms with E-state index in [1.807, 2.05) is 24.3 Å². The van der Waals surface area contributed by atoms with Crippen molar-refractivity contribution in [3.8, 4) is 0 Å². The van der Waals surface area contributed by atoms with Gasteiger partial charge in [-0.25, -0.2) is 0 Å². The van der Waals surface area contributed by atoms with Crippen molar-refractivity contribution in [2.45, 2.75) is 187 Å². The minimum atomic E-state index is -0.809. The fourth-order valence-electron chi connectivity index (χ4n) is 5.56. The highest BCUT2D eigenvalue weighted by atomic mass is 16.6. The zero-order valence-electron chi connectivity index (χ0n) is 35.9. The third kappa shape index (κ3) is 41.5. The predicted molar refractivity (Wildman–Crippen MR) is 237 cm³/mol. The quantitative estimate of drug-likeness (QED) is 0.0204. The summed E-state index contributed by atoms with van der Waals surface area (Å²) in [5.41, 5.74) is 0. The molecule has 0 aromatic rings. The van der Waals surface area contributed by atoms with E-state index in [4.69, 9.17) is 14.2 Å². The van der Waals surface area contributed by atoms with Gasteiger partial charge in [-0.05, 0) is 89.9 Å². The summed E-state index contributed by atoms with van der Waals surface area (Å²) in [6.07, 6.45) is 56.8. The van der Waals surface area contributed by atoms with Crippen molar-refractivity contribution < 1.29 is 28.6 Å². The molecule has 0 fully saturated rings. The van der Waals surface area contributed by atoms with Gasteiger partial charge in [0.1, 0.15) is 13.2 Å². The van der Waals surface area contributed by atoms with Gasteiger partial charge >= 0.3 is 17.9 Å². The summed E-state index contributed by atoms with van der Waals surface area (Å²) in [4.78, 5) is 37.7. The molecule has 0 aliphatic rings. The maximum atomic E-state index is 12.7. The fraction of sp³-hybridized carbons (Fsp3) is 0.620. The number of unbranched alkanes of at least 4 members (excludes halogenated alkanes) is 14. The Bertz CT molecular complexity index is 1170. The highest BCUT2D eigenvalue weighted by Crippen LogP contribution is 2.12. The number of rotatable bonds is 38. The minimum absolute atomic E-state index is 0.107. The van der Waals surface area contributed by atoms with Gasteiger partial charge in [-0.1, -0.05) is 169 Å². The summed E-state index contributed by atoms with van der Waals surface area (Å²) in [6, 6.07) is 0. The van der Waals surface area contributed by atoms with Crippen LogP contribution in [0.2, 0.25) is 0 Å². The molecule has 0 aliphatic heterocycles. The van der Waals surface area contributed by atoms with Crippen molar-refractivity contribution in [1.29, 1.82) is 0 Å². The lowest BCUT2D eigenvalue weighted by Crippen LogP contribution is -2.30. The molecule has 0 saturated carbocycles. The van der Waals surface area contributed by atoms with E-state index in [1.165, 1.54) is 25.7 Å². The van der Waals surface area contributed by atoms with Crippen LogP contribution in [-0.4, -0.2) is 37.2 Å². The largest absolute Gasteiger partial charge is 0.462 e. The van der Waals surface area contributed by atoms with E-state index in [2.05, 4.69) is 93.7 Å². The number of ether oxygens (including phenoxy) is 3. The fourth-order valence-corrected chi connectivity index (χ4v) is 5.56. The van der Waals surface area contributed by atoms with Crippen molar-refractivity contribution in [2.24, 2.45) is 0 Å². The third-order valence-corrected chi connectivity index (χ3v) is 8.90. The molecule has 0 heterocycles. The summed E-state index contributed by atoms with van der Waals surface area (Å²) in [6.45, 7) is 6.25. The van der Waals surface area contributed by atoms with Gasteiger partial charge in [0.05, 0.1) is 0 Å². The molecule has 0 aliphatic carbocycles. The van der Waals surface area contributed by atoms with Crippen LogP contribution in [0.1, 0.15) is 181 Å². The lowest BCUT2D eigenvalue weighted by molar-refractivity contribution is -0.167. The van der Waals surface area contributed by atoms with Crippen molar-refractivity contribution in [3.05, 3.63) is 97.2 Å². The number of esters is 3. The Morgan fingerprint density at radius 3 is 1.36 bits per heavy atom. The predicted octanol–water partition coefficient (Wildman–Crippen LogP) is 14.2. The van der Waals surface area contributed by atoms with E-state index < -0.39 is 6.10 Å². The maximum absolute atomic E-state index is 12.7. The van der Waals surface area contributed by atoms with E-state index >= 15 is 0 Å². The van der Waals surface area contributed by atoms with E-state index in [0.29, 0.717) is 19.3 Å². The average molecular weight is 777 g/mol. The molecule has 1 unspecified atom stereocenters. The van der Waals surface area contributed by atoms with Gasteiger partial charge in [-0.15, -0.1) is 0 Å². The second-order valence-electron chi connectivity index (χ2n) is 14.3. The van der Waals surface area contributed by atoms with Crippen LogP contribution in [0.4, 0.5) is 0 Å². The number of carbonyl (C=O) groups excluding carboxylic acids is 3. The molecule has 0 saturated heterocycles. The van der Waals surface area contributed by atoms with Gasteiger partial charge in [0, 0.05) is 19.3 Å². The van der Waals surface area contributed by atoms with Crippen LogP contribution >= 0.6 is 0 Å². The van der Waals surface area contributed by atoms with Gasteiger partial charge in [0.15, 0.2) is 6.10 Å². The average Bonchev–Trinajstić information content (AvgIpc) is 3.19. The molecular formula is C50H80O6. The molecule has 316 valence electrons. The van der Waals surface area contributed by atoms with Crippen molar-refractivity contribution >= 4 is 17.9 Å². The summed E-state index contributed by atoms with van der Waals surface area (Å²) in [5.74, 6) is -0.992. The van der Waals surface area contributed by atoms with Gasteiger partial charge in [-0.3, -0.25) is 14.4 Å². The molecule has 0 spiro atoms. The number of allylic oxidation sites excluding steroid dienone is 16. The van der Waals surface area contributed by atoms with Crippen LogP contribution in [0.5, 0.6) is 0 Å². The van der Waals surface area contributed by atoms with Crippen LogP contribution in [0, 0.1) is 0 Å². The van der Waals surface area contributed by atoms with Crippen LogP contribution in [0.3, 0.4) is 0 Å². The van der Waals surface area contributed by atoms with E-state index in [0.717, 1.165) is 109 Å². The molecule has 0 aromatic carbocycles. The first-order chi connectivity index (χ1) is 27.5. The van der Waals surface area contributed by atoms with Gasteiger partial charge in [0.2, 0.25) is 0 Å². The summed E-state index contributed by atoms with van der Waals surface area (Å²) in [7, 11) is 0. The van der Waals surface area contributed by atoms with Crippen molar-refractivity contribution in [2.75, 3.05) is 13.2 Å². The molecule has 56 heavy (non-hydrogen) atoms. The first-order valence-corrected chi connectivity index (χ1v) is 22.3. The van der Waals surface area contributed by atoms with Gasteiger partial charge < -0.3 is 14.2 Å². The Morgan fingerprint density at radius 1 is 0.393 bits per heavy atom. The highest BCUT2D eigenvalue weighted by molar-refractivity contribution is 5.71. The van der Waals surface area contributed by atoms with Crippen LogP contribution < -0.4 is 0 Å². The Labute approximate surface area is 343 Å². The molecular weight excluding hydrogens is 697 g/mol. The smallest absolute Gasteiger partial charge is 0.306 e. The second-order valence-corrected chi connectivity index (χ2v) is 14.3. The second kappa shape index (κ2) is 44.0. The highest BCUT2D eigenvalue weighted by Gasteiger charge is 2.19. The van der Waals surface area contributed by atoms with Crippen LogP contribution in [0.25, 0.3) is 0 Å². The first-order valence-electron chi connectivity index (χ1n) is 22.3. The lowest BCUT2D eigenvalue weighted by atomic mass is 10.1. The molecule has 0 amide bonds. The van der Waals surface area contributed by atoms with Crippen LogP contribution in [-0.2, 0) is 28.6 Å². The molecule has 0 aromatic heterocycles. The molecule has 0 radical (unpaired) electrons. The van der Waals surface area contributed by atoms with Gasteiger partial charge in [-0.2, -0.15) is 0 Å². The van der Waals surface area contributed by atoms with E-state index in [-0.39, 0.29) is 37.5 Å². The zero-order valence-corrected chi connectivity index (χ0v) is 35.9. The zero-order chi connectivity index (χ0) is 40.8. The topological polar surface area (TPSA) is 78.9 Å². The van der Waals surface area contributed by atoms with E-state index in [9.17, 15) is 14.4 Å². The molecule has 6 nitrogen and oxygen atoms in total. The number of hydrogen-bond acceptors (Lipinski definition) is 6. The SMILES string of the molecule is CC\C=C/C=C\C=C/C=C\CCCCCCCC(=O)OCC(COC(=O)CCCCCCC/C=C\CCCC)OC(=O)CCCC/C=C\C/C=C\C/C=C\CC. The Balaban J connectivity index is 4.51. The van der Waals surface area contributed by atoms with Gasteiger partial charge in [0.25, 0.3) is 0 Å². The molecule has 6 heteroatoms.